The molecule has 9 aromatic carbocycles. The number of amides is 16. The van der Waals surface area contributed by atoms with Crippen LogP contribution in [0.15, 0.2) is 255 Å². The Morgan fingerprint density at radius 1 is 0.326 bits per heavy atom. The number of nitrogens with zero attached hydrogens (tertiary/aromatic N) is 7. The molecule has 11 heterocycles. The normalized spacial score (nSPS) is 19.7. The Balaban J connectivity index is 0.000000122. The lowest BCUT2D eigenvalue weighted by Crippen LogP contribution is -2.52. The van der Waals surface area contributed by atoms with Gasteiger partial charge in [0.05, 0.1) is 71.9 Å². The summed E-state index contributed by atoms with van der Waals surface area (Å²) in [5, 5.41) is 21.3. The SMILES string of the molecule is COc1ccc2c(c1)C(=O)N(C[C@@]1(c3ccc(OC4CCCC4)cc3)NC(=O)NC1=O)C2.COc1ccc2c(c1)C(=O)N(C[C@@]1(c3ccc(OCc4ccc5ccccc5n4)cc3)NC(=O)NC1=O)C2.COc1ccc2c(c1)C(=O)N(C[C@@]1(c3ccc(OCc4cccnc4)cc3)NC(=O)NC1=O)C2.COc1ccc2c(c1)C(=O)N(C[C@@]1(c3ccc(OCc4ccncc4)cc3)NC(=O)NC1=O)C2. The molecule has 1 saturated carbocycles. The molecule has 8 aliphatic heterocycles. The van der Waals surface area contributed by atoms with E-state index in [1.54, 1.807) is 185 Å². The number of methoxy groups -OCH3 is 4. The first kappa shape index (κ1) is 91.2. The van der Waals surface area contributed by atoms with Gasteiger partial charge in [0.25, 0.3) is 47.3 Å². The summed E-state index contributed by atoms with van der Waals surface area (Å²) in [6, 6.07) is 66.1. The maximum absolute atomic E-state index is 13.2. The lowest BCUT2D eigenvalue weighted by atomic mass is 9.89. The zero-order chi connectivity index (χ0) is 96.0. The molecular formula is C103H93N15O20. The van der Waals surface area contributed by atoms with Crippen LogP contribution in [-0.2, 0) is 87.3 Å². The van der Waals surface area contributed by atoms with Gasteiger partial charge in [-0.2, -0.15) is 0 Å². The van der Waals surface area contributed by atoms with Gasteiger partial charge in [0.1, 0.15) is 65.8 Å². The Hall–Kier alpha value is -17.3. The quantitative estimate of drug-likeness (QED) is 0.0222. The number of fused-ring (bicyclic) bond motifs is 5. The van der Waals surface area contributed by atoms with Gasteiger partial charge in [-0.15, -0.1) is 0 Å². The van der Waals surface area contributed by atoms with Gasteiger partial charge >= 0.3 is 24.1 Å². The average Bonchev–Trinajstić information content (AvgIpc) is 1.61. The number of carbonyl (C=O) groups excluding carboxylic acids is 12. The van der Waals surface area contributed by atoms with Crippen LogP contribution in [0.3, 0.4) is 0 Å². The van der Waals surface area contributed by atoms with Crippen molar-refractivity contribution < 1.29 is 95.4 Å². The molecule has 35 nitrogen and oxygen atoms in total. The summed E-state index contributed by atoms with van der Waals surface area (Å²) in [5.74, 6) is 1.97. The molecule has 16 amide bonds. The molecule has 8 N–H and O–H groups in total. The smallest absolute Gasteiger partial charge is 0.322 e. The fourth-order valence-corrected chi connectivity index (χ4v) is 18.3. The largest absolute Gasteiger partial charge is 0.497 e. The minimum Gasteiger partial charge on any atom is -0.497 e. The highest BCUT2D eigenvalue weighted by Gasteiger charge is 2.55. The standard InChI is InChI=1S/C29H24N4O5.2C25H22N4O5.C24H25N3O5/c1-37-23-11-7-19-15-33(26(34)24(19)14-23)17-29(27(35)31-28(36)32-29)20-8-12-22(13-9-20)38-16-21-10-6-18-4-2-3-5-25(18)30-21;1-33-20-5-2-17-13-29(22(30)21(17)12-20)15-25(23(31)27-24(32)28-25)18-3-6-19(7-4-18)34-14-16-8-10-26-11-9-16;1-33-20-7-4-17-13-29(22(30)21(17)11-20)15-25(23(31)27-24(32)28-25)18-5-8-19(9-6-18)34-14-16-3-2-10-26-12-16;1-31-19-9-6-15-13-27(21(28)20(15)12-19)14-24(22(29)25-23(30)26-24)16-7-10-18(11-8-16)32-17-4-2-3-5-17/h2-14H,15-17H2,1H3,(H2,31,32,35,36);2*2-12H,13-15H2,1H3,(H2,27,28,31,32);6-12,17H,2-5,13-14H2,1H3,(H2,25,26,29,30)/t29-;2*25-;24-/m0000/s1. The van der Waals surface area contributed by atoms with Crippen molar-refractivity contribution in [2.24, 2.45) is 0 Å². The van der Waals surface area contributed by atoms with Crippen molar-refractivity contribution in [2.45, 2.75) is 99.9 Å². The van der Waals surface area contributed by atoms with E-state index in [0.717, 1.165) is 68.6 Å². The molecule has 1 aliphatic carbocycles. The fourth-order valence-electron chi connectivity index (χ4n) is 18.3. The van der Waals surface area contributed by atoms with Crippen molar-refractivity contribution in [1.82, 2.24) is 77.1 Å². The first-order chi connectivity index (χ1) is 66.9. The highest BCUT2D eigenvalue weighted by molar-refractivity contribution is 6.12. The van der Waals surface area contributed by atoms with E-state index in [1.807, 2.05) is 97.1 Å². The molecule has 138 heavy (non-hydrogen) atoms. The van der Waals surface area contributed by atoms with Crippen molar-refractivity contribution in [3.63, 3.8) is 0 Å². The highest BCUT2D eigenvalue weighted by atomic mass is 16.5. The summed E-state index contributed by atoms with van der Waals surface area (Å²) in [4.78, 5) is 172. The Morgan fingerprint density at radius 3 is 0.993 bits per heavy atom. The van der Waals surface area contributed by atoms with Gasteiger partial charge in [0, 0.05) is 84.2 Å². The third-order valence-electron chi connectivity index (χ3n) is 25.6. The van der Waals surface area contributed by atoms with E-state index in [4.69, 9.17) is 37.9 Å². The second kappa shape index (κ2) is 38.7. The Bertz CT molecular complexity index is 6600. The minimum atomic E-state index is -1.43. The molecule has 9 aliphatic rings. The number of nitrogens with one attached hydrogen (secondary N) is 8. The van der Waals surface area contributed by atoms with E-state index in [2.05, 4.69) is 57.5 Å². The minimum absolute atomic E-state index is 0.0162. The van der Waals surface area contributed by atoms with Crippen LogP contribution in [0.25, 0.3) is 10.9 Å². The van der Waals surface area contributed by atoms with Crippen LogP contribution in [0.2, 0.25) is 0 Å². The number of urea groups is 4. The topological polar surface area (TPSA) is 427 Å². The molecule has 700 valence electrons. The second-order valence-corrected chi connectivity index (χ2v) is 34.2. The Labute approximate surface area is 790 Å². The van der Waals surface area contributed by atoms with Crippen LogP contribution in [0.1, 0.15) is 128 Å². The molecule has 0 unspecified atom stereocenters. The van der Waals surface area contributed by atoms with Crippen LogP contribution in [-0.4, -0.2) is 167 Å². The number of benzene rings is 9. The van der Waals surface area contributed by atoms with Gasteiger partial charge in [-0.3, -0.25) is 69.6 Å². The number of aromatic nitrogens is 3. The third kappa shape index (κ3) is 18.7. The lowest BCUT2D eigenvalue weighted by molar-refractivity contribution is -0.125. The van der Waals surface area contributed by atoms with E-state index in [0.29, 0.717) is 124 Å². The molecular weight excluding hydrogens is 1770 g/mol. The zero-order valence-corrected chi connectivity index (χ0v) is 75.2. The maximum Gasteiger partial charge on any atom is 0.322 e. The Morgan fingerprint density at radius 2 is 0.659 bits per heavy atom. The molecule has 4 saturated heterocycles. The summed E-state index contributed by atoms with van der Waals surface area (Å²) in [6.07, 6.45) is 11.5. The van der Waals surface area contributed by atoms with Crippen molar-refractivity contribution in [1.29, 1.82) is 0 Å². The first-order valence-corrected chi connectivity index (χ1v) is 44.4. The van der Waals surface area contributed by atoms with Gasteiger partial charge < -0.3 is 78.8 Å². The van der Waals surface area contributed by atoms with E-state index >= 15 is 0 Å². The molecule has 0 bridgehead atoms. The molecule has 5 fully saturated rings. The summed E-state index contributed by atoms with van der Waals surface area (Å²) in [6.45, 7) is 2.28. The van der Waals surface area contributed by atoms with Crippen molar-refractivity contribution in [3.8, 4) is 46.0 Å². The monoisotopic (exact) mass is 1860 g/mol. The molecule has 35 heteroatoms. The zero-order valence-electron chi connectivity index (χ0n) is 75.2. The molecule has 0 spiro atoms. The van der Waals surface area contributed by atoms with Crippen molar-refractivity contribution in [3.05, 3.63) is 339 Å². The first-order valence-electron chi connectivity index (χ1n) is 44.4. The number of rotatable bonds is 27. The number of carbonyl (C=O) groups is 12. The molecule has 12 aromatic rings. The van der Waals surface area contributed by atoms with Crippen LogP contribution >= 0.6 is 0 Å². The summed E-state index contributed by atoms with van der Waals surface area (Å²) in [5.41, 5.74) is 5.67. The van der Waals surface area contributed by atoms with Gasteiger partial charge in [-0.1, -0.05) is 103 Å². The summed E-state index contributed by atoms with van der Waals surface area (Å²) in [7, 11) is 6.16. The van der Waals surface area contributed by atoms with E-state index in [-0.39, 0.29) is 62.5 Å². The van der Waals surface area contributed by atoms with Gasteiger partial charge in [0.15, 0.2) is 22.2 Å². The Kier molecular flexibility index (Phi) is 25.6. The fraction of sp³-hybridized carbons (Fsp3) is 0.233. The van der Waals surface area contributed by atoms with Crippen LogP contribution in [0, 0.1) is 0 Å². The molecule has 3 aromatic heterocycles. The van der Waals surface area contributed by atoms with Gasteiger partial charge in [-0.05, 0) is 203 Å². The van der Waals surface area contributed by atoms with E-state index in [1.165, 1.54) is 34.2 Å². The highest BCUT2D eigenvalue weighted by Crippen LogP contribution is 2.41. The summed E-state index contributed by atoms with van der Waals surface area (Å²) < 4.78 is 44.5. The van der Waals surface area contributed by atoms with E-state index < -0.39 is 69.9 Å². The average molecular weight is 1860 g/mol. The van der Waals surface area contributed by atoms with E-state index in [9.17, 15) is 57.5 Å². The lowest BCUT2D eigenvalue weighted by Gasteiger charge is -2.31. The predicted molar refractivity (Wildman–Crippen MR) is 496 cm³/mol. The third-order valence-corrected chi connectivity index (χ3v) is 25.6. The van der Waals surface area contributed by atoms with Gasteiger partial charge in [0.2, 0.25) is 0 Å². The predicted octanol–water partition coefficient (Wildman–Crippen LogP) is 10.9. The number of pyridine rings is 3. The van der Waals surface area contributed by atoms with Crippen LogP contribution in [0.5, 0.6) is 46.0 Å². The van der Waals surface area contributed by atoms with Crippen molar-refractivity contribution >= 4 is 82.3 Å². The van der Waals surface area contributed by atoms with Crippen LogP contribution < -0.4 is 80.4 Å². The number of hydrogen-bond donors (Lipinski definition) is 8. The second-order valence-electron chi connectivity index (χ2n) is 34.2. The number of imide groups is 4. The summed E-state index contributed by atoms with van der Waals surface area (Å²) >= 11 is 0. The number of para-hydroxylation sites is 1. The number of hydrogen-bond acceptors (Lipinski definition) is 23. The number of ether oxygens (including phenoxy) is 8. The van der Waals surface area contributed by atoms with Crippen molar-refractivity contribution in [2.75, 3.05) is 54.6 Å². The molecule has 4 atom stereocenters. The van der Waals surface area contributed by atoms with Gasteiger partial charge in [-0.25, -0.2) is 24.2 Å². The van der Waals surface area contributed by atoms with Crippen LogP contribution in [0.4, 0.5) is 19.2 Å². The maximum atomic E-state index is 13.2. The molecule has 21 rings (SSSR count). The molecule has 0 radical (unpaired) electrons.